The van der Waals surface area contributed by atoms with E-state index in [1.165, 1.54) is 49.1 Å². The Morgan fingerprint density at radius 3 is 3.00 bits per heavy atom. The highest BCUT2D eigenvalue weighted by Crippen LogP contribution is 2.24. The Kier molecular flexibility index (Phi) is 3.77. The number of hydrogen-bond donors (Lipinski definition) is 2. The number of aliphatic imine (C=N–C) groups is 1. The number of guanidine groups is 1. The molecule has 0 spiro atoms. The summed E-state index contributed by atoms with van der Waals surface area (Å²) in [5, 5.41) is 3.20. The molecule has 0 saturated carbocycles. The summed E-state index contributed by atoms with van der Waals surface area (Å²) in [5.41, 5.74) is 11.0. The molecule has 0 atom stereocenters. The summed E-state index contributed by atoms with van der Waals surface area (Å²) in [7, 11) is 0. The summed E-state index contributed by atoms with van der Waals surface area (Å²) in [5.74, 6) is 1.64. The first-order valence-electron chi connectivity index (χ1n) is 8.51. The molecule has 2 heterocycles. The van der Waals surface area contributed by atoms with Gasteiger partial charge in [-0.25, -0.2) is 9.98 Å². The van der Waals surface area contributed by atoms with Crippen molar-refractivity contribution in [1.82, 2.24) is 9.55 Å². The van der Waals surface area contributed by atoms with Crippen LogP contribution in [0.3, 0.4) is 0 Å². The van der Waals surface area contributed by atoms with Gasteiger partial charge in [-0.15, -0.1) is 0 Å². The van der Waals surface area contributed by atoms with Gasteiger partial charge in [0.05, 0.1) is 12.2 Å². The largest absolute Gasteiger partial charge is 0.370 e. The summed E-state index contributed by atoms with van der Waals surface area (Å²) in [6.07, 6.45) is 9.29. The number of benzene rings is 1. The number of rotatable bonds is 3. The fourth-order valence-corrected chi connectivity index (χ4v) is 3.55. The molecule has 0 bridgehead atoms. The second kappa shape index (κ2) is 6.07. The molecule has 0 fully saturated rings. The van der Waals surface area contributed by atoms with E-state index in [1.807, 2.05) is 0 Å². The van der Waals surface area contributed by atoms with Crippen LogP contribution in [-0.4, -0.2) is 15.5 Å². The van der Waals surface area contributed by atoms with E-state index in [9.17, 15) is 0 Å². The number of hydrogen-bond acceptors (Lipinski definition) is 2. The van der Waals surface area contributed by atoms with E-state index in [4.69, 9.17) is 5.73 Å². The fraction of sp³-hybridized carbons (Fsp3) is 0.444. The van der Waals surface area contributed by atoms with Crippen LogP contribution >= 0.6 is 0 Å². The molecular formula is C18H23N5. The van der Waals surface area contributed by atoms with Crippen LogP contribution in [0.4, 0.5) is 5.69 Å². The van der Waals surface area contributed by atoms with E-state index in [1.54, 1.807) is 0 Å². The van der Waals surface area contributed by atoms with E-state index in [0.29, 0.717) is 12.5 Å². The summed E-state index contributed by atoms with van der Waals surface area (Å²) in [4.78, 5) is 9.08. The maximum absolute atomic E-state index is 6.03. The van der Waals surface area contributed by atoms with E-state index in [-0.39, 0.29) is 0 Å². The van der Waals surface area contributed by atoms with Crippen LogP contribution < -0.4 is 11.1 Å². The average Bonchev–Trinajstić information content (AvgIpc) is 3.18. The van der Waals surface area contributed by atoms with Crippen molar-refractivity contribution >= 4 is 11.6 Å². The Balaban J connectivity index is 1.41. The van der Waals surface area contributed by atoms with E-state index in [2.05, 4.69) is 44.3 Å². The van der Waals surface area contributed by atoms with Crippen molar-refractivity contribution in [2.75, 3.05) is 5.32 Å². The molecule has 23 heavy (non-hydrogen) atoms. The number of aromatic nitrogens is 2. The Morgan fingerprint density at radius 2 is 2.09 bits per heavy atom. The molecule has 1 aliphatic carbocycles. The Labute approximate surface area is 136 Å². The van der Waals surface area contributed by atoms with Gasteiger partial charge in [0.25, 0.3) is 0 Å². The van der Waals surface area contributed by atoms with Crippen LogP contribution in [0.15, 0.2) is 29.4 Å². The van der Waals surface area contributed by atoms with Crippen molar-refractivity contribution in [1.29, 1.82) is 0 Å². The van der Waals surface area contributed by atoms with E-state index in [0.717, 1.165) is 24.3 Å². The van der Waals surface area contributed by atoms with Crippen LogP contribution in [0.5, 0.6) is 0 Å². The van der Waals surface area contributed by atoms with Crippen LogP contribution in [0.2, 0.25) is 0 Å². The molecule has 0 unspecified atom stereocenters. The normalized spacial score (nSPS) is 17.0. The molecule has 1 aliphatic heterocycles. The molecule has 5 nitrogen and oxygen atoms in total. The standard InChI is InChI=1S/C18H23N5/c19-18(22-15-8-7-13-4-3-5-14(13)10-15)20-11-16-12-23-9-2-1-6-17(23)21-16/h7-8,10,12H,1-6,9,11H2,(H3,19,20,22). The minimum atomic E-state index is 0.453. The van der Waals surface area contributed by atoms with Gasteiger partial charge in [0.2, 0.25) is 0 Å². The predicted molar refractivity (Wildman–Crippen MR) is 92.6 cm³/mol. The molecule has 0 amide bonds. The third-order valence-electron chi connectivity index (χ3n) is 4.74. The van der Waals surface area contributed by atoms with E-state index < -0.39 is 0 Å². The summed E-state index contributed by atoms with van der Waals surface area (Å²) >= 11 is 0. The summed E-state index contributed by atoms with van der Waals surface area (Å²) < 4.78 is 2.25. The van der Waals surface area contributed by atoms with Gasteiger partial charge in [-0.05, 0) is 55.4 Å². The van der Waals surface area contributed by atoms with E-state index >= 15 is 0 Å². The van der Waals surface area contributed by atoms with Crippen molar-refractivity contribution in [3.05, 3.63) is 47.0 Å². The lowest BCUT2D eigenvalue weighted by atomic mass is 10.1. The van der Waals surface area contributed by atoms with Gasteiger partial charge < -0.3 is 15.6 Å². The second-order valence-electron chi connectivity index (χ2n) is 6.46. The monoisotopic (exact) mass is 309 g/mol. The smallest absolute Gasteiger partial charge is 0.193 e. The van der Waals surface area contributed by atoms with Gasteiger partial charge in [-0.1, -0.05) is 6.07 Å². The highest BCUT2D eigenvalue weighted by molar-refractivity contribution is 5.92. The molecule has 3 N–H and O–H groups in total. The first-order valence-corrected chi connectivity index (χ1v) is 8.51. The fourth-order valence-electron chi connectivity index (χ4n) is 3.55. The SMILES string of the molecule is NC(=NCc1cn2c(n1)CCCC2)Nc1ccc2c(c1)CCC2. The number of fused-ring (bicyclic) bond motifs is 2. The maximum Gasteiger partial charge on any atom is 0.193 e. The zero-order valence-corrected chi connectivity index (χ0v) is 13.4. The molecular weight excluding hydrogens is 286 g/mol. The molecule has 1 aromatic heterocycles. The third kappa shape index (κ3) is 3.09. The molecule has 120 valence electrons. The molecule has 0 saturated heterocycles. The van der Waals surface area contributed by atoms with Crippen molar-refractivity contribution in [2.45, 2.75) is 51.6 Å². The number of aryl methyl sites for hydroxylation is 4. The van der Waals surface area contributed by atoms with Gasteiger partial charge in [0.15, 0.2) is 5.96 Å². The molecule has 0 radical (unpaired) electrons. The molecule has 2 aliphatic rings. The lowest BCUT2D eigenvalue weighted by molar-refractivity contribution is 0.522. The van der Waals surface area contributed by atoms with Gasteiger partial charge in [-0.3, -0.25) is 0 Å². The van der Waals surface area contributed by atoms with Gasteiger partial charge in [-0.2, -0.15) is 0 Å². The molecule has 1 aromatic carbocycles. The lowest BCUT2D eigenvalue weighted by Gasteiger charge is -2.11. The van der Waals surface area contributed by atoms with Crippen LogP contribution in [0.1, 0.15) is 41.9 Å². The van der Waals surface area contributed by atoms with Crippen molar-refractivity contribution in [3.63, 3.8) is 0 Å². The quantitative estimate of drug-likeness (QED) is 0.676. The zero-order chi connectivity index (χ0) is 15.6. The van der Waals surface area contributed by atoms with Crippen LogP contribution in [0, 0.1) is 0 Å². The first kappa shape index (κ1) is 14.3. The number of imidazole rings is 1. The summed E-state index contributed by atoms with van der Waals surface area (Å²) in [6.45, 7) is 1.61. The third-order valence-corrected chi connectivity index (χ3v) is 4.74. The number of anilines is 1. The highest BCUT2D eigenvalue weighted by atomic mass is 15.1. The number of nitrogens with one attached hydrogen (secondary N) is 1. The van der Waals surface area contributed by atoms with Gasteiger partial charge in [0.1, 0.15) is 5.82 Å². The Bertz CT molecular complexity index is 720. The predicted octanol–water partition coefficient (Wildman–Crippen LogP) is 2.63. The zero-order valence-electron chi connectivity index (χ0n) is 13.4. The molecule has 2 aromatic rings. The van der Waals surface area contributed by atoms with Crippen molar-refractivity contribution in [3.8, 4) is 0 Å². The number of nitrogens with two attached hydrogens (primary N) is 1. The topological polar surface area (TPSA) is 68.2 Å². The average molecular weight is 309 g/mol. The highest BCUT2D eigenvalue weighted by Gasteiger charge is 2.12. The number of nitrogens with zero attached hydrogens (tertiary/aromatic N) is 3. The maximum atomic E-state index is 6.03. The van der Waals surface area contributed by atoms with Gasteiger partial charge in [0, 0.05) is 24.8 Å². The lowest BCUT2D eigenvalue weighted by Crippen LogP contribution is -2.22. The molecule has 4 rings (SSSR count). The second-order valence-corrected chi connectivity index (χ2v) is 6.46. The van der Waals surface area contributed by atoms with Crippen LogP contribution in [-0.2, 0) is 32.4 Å². The van der Waals surface area contributed by atoms with Gasteiger partial charge >= 0.3 is 0 Å². The van der Waals surface area contributed by atoms with Crippen molar-refractivity contribution < 1.29 is 0 Å². The van der Waals surface area contributed by atoms with Crippen molar-refractivity contribution in [2.24, 2.45) is 10.7 Å². The van der Waals surface area contributed by atoms with Crippen LogP contribution in [0.25, 0.3) is 0 Å². The Morgan fingerprint density at radius 1 is 1.17 bits per heavy atom. The minimum absolute atomic E-state index is 0.453. The molecule has 5 heteroatoms. The minimum Gasteiger partial charge on any atom is -0.370 e. The summed E-state index contributed by atoms with van der Waals surface area (Å²) in [6, 6.07) is 6.48. The first-order chi connectivity index (χ1) is 11.3. The Hall–Kier alpha value is -2.30.